The van der Waals surface area contributed by atoms with Crippen LogP contribution in [0.5, 0.6) is 17.2 Å². The molecule has 9 atom stereocenters. The highest BCUT2D eigenvalue weighted by atomic mass is 33.1. The number of phenols is 2. The van der Waals surface area contributed by atoms with Crippen LogP contribution < -0.4 is 15.6 Å². The second-order valence-electron chi connectivity index (χ2n) is 14.9. The van der Waals surface area contributed by atoms with E-state index in [9.17, 15) is 34.5 Å². The zero-order valence-electron chi connectivity index (χ0n) is 32.3. The molecule has 1 unspecified atom stereocenters. The lowest BCUT2D eigenvalue weighted by Crippen LogP contribution is -2.60. The quantitative estimate of drug-likeness (QED) is 0.0429. The van der Waals surface area contributed by atoms with Gasteiger partial charge in [0, 0.05) is 74.0 Å². The van der Waals surface area contributed by atoms with Crippen LogP contribution in [0.25, 0.3) is 0 Å². The maximum atomic E-state index is 14.2. The molecule has 3 aliphatic heterocycles. The molecular formula is C40H44N4O13S2. The molecule has 3 fully saturated rings. The molecule has 5 N–H and O–H groups in total. The smallest absolute Gasteiger partial charge is 0.234 e. The van der Waals surface area contributed by atoms with Crippen molar-refractivity contribution in [2.75, 3.05) is 33.1 Å². The number of amides is 1. The number of phenolic OH excluding ortho intramolecular Hbond substituents is 2. The largest absolute Gasteiger partial charge is 0.507 e. The zero-order chi connectivity index (χ0) is 41.6. The van der Waals surface area contributed by atoms with Gasteiger partial charge in [-0.15, -0.1) is 0 Å². The minimum atomic E-state index is -2.09. The first-order valence-electron chi connectivity index (χ1n) is 19.1. The summed E-state index contributed by atoms with van der Waals surface area (Å²) in [6.45, 7) is 2.79. The van der Waals surface area contributed by atoms with Crippen LogP contribution in [0.4, 0.5) is 0 Å². The Morgan fingerprint density at radius 3 is 2.66 bits per heavy atom. The number of nitrogens with zero attached hydrogens (tertiary/aromatic N) is 2. The Labute approximate surface area is 346 Å². The van der Waals surface area contributed by atoms with Gasteiger partial charge in [0.25, 0.3) is 0 Å². The van der Waals surface area contributed by atoms with E-state index in [1.54, 1.807) is 12.3 Å². The predicted octanol–water partition coefficient (Wildman–Crippen LogP) is 2.56. The summed E-state index contributed by atoms with van der Waals surface area (Å²) in [5, 5.41) is 37.2. The van der Waals surface area contributed by atoms with Gasteiger partial charge in [0.2, 0.25) is 11.7 Å². The molecule has 2 aliphatic carbocycles. The number of aldehydes is 1. The number of morpholine rings is 1. The highest BCUT2D eigenvalue weighted by Crippen LogP contribution is 2.53. The third kappa shape index (κ3) is 7.62. The summed E-state index contributed by atoms with van der Waals surface area (Å²) >= 11 is 0. The minimum absolute atomic E-state index is 0.0443. The normalized spacial score (nSPS) is 29.1. The number of ketones is 2. The Morgan fingerprint density at radius 2 is 1.92 bits per heavy atom. The summed E-state index contributed by atoms with van der Waals surface area (Å²) in [6, 6.07) is 8.29. The van der Waals surface area contributed by atoms with E-state index in [0.29, 0.717) is 25.2 Å². The van der Waals surface area contributed by atoms with Gasteiger partial charge >= 0.3 is 0 Å². The van der Waals surface area contributed by atoms with E-state index in [4.69, 9.17) is 28.4 Å². The first-order chi connectivity index (χ1) is 28.5. The van der Waals surface area contributed by atoms with Gasteiger partial charge in [0.05, 0.1) is 48.2 Å². The number of rotatable bonds is 13. The minimum Gasteiger partial charge on any atom is -0.507 e. The SMILES string of the molecule is COc1cccc2c1C(=O)c1c(O)c3c(c(O)c1C2=O)C[C@@](O)(C(C=O)NNC(=O)CCSSc1ccccn1)C[C@@H]3O[C@H]1C[C@H]2[C@H](O[C@@H]3[C@@H](OC)OCCN32)[C@H](C)O1. The average molecular weight is 853 g/mol. The molecule has 5 aliphatic rings. The van der Waals surface area contributed by atoms with E-state index < -0.39 is 89.2 Å². The molecule has 0 spiro atoms. The third-order valence-electron chi connectivity index (χ3n) is 11.5. The number of hydrogen-bond acceptors (Lipinski definition) is 18. The van der Waals surface area contributed by atoms with Gasteiger partial charge < -0.3 is 48.5 Å². The molecule has 1 aromatic heterocycles. The Morgan fingerprint density at radius 1 is 1.10 bits per heavy atom. The summed E-state index contributed by atoms with van der Waals surface area (Å²) in [6.07, 6.45) is -2.69. The van der Waals surface area contributed by atoms with Gasteiger partial charge in [-0.3, -0.25) is 24.7 Å². The summed E-state index contributed by atoms with van der Waals surface area (Å²) in [5.41, 5.74) is 1.89. The molecule has 0 radical (unpaired) electrons. The monoisotopic (exact) mass is 852 g/mol. The second kappa shape index (κ2) is 17.1. The van der Waals surface area contributed by atoms with E-state index in [0.717, 1.165) is 5.03 Å². The lowest BCUT2D eigenvalue weighted by molar-refractivity contribution is -0.256. The van der Waals surface area contributed by atoms with Gasteiger partial charge in [-0.05, 0) is 35.9 Å². The maximum Gasteiger partial charge on any atom is 0.234 e. The van der Waals surface area contributed by atoms with Gasteiger partial charge in [0.15, 0.2) is 24.6 Å². The number of aromatic hydroxyl groups is 2. The Kier molecular flexibility index (Phi) is 12.0. The Hall–Kier alpha value is -4.15. The van der Waals surface area contributed by atoms with Crippen LogP contribution in [0.15, 0.2) is 47.6 Å². The van der Waals surface area contributed by atoms with Gasteiger partial charge in [-0.2, -0.15) is 0 Å². The molecule has 19 heteroatoms. The molecule has 17 nitrogen and oxygen atoms in total. The summed E-state index contributed by atoms with van der Waals surface area (Å²) in [4.78, 5) is 60.2. The third-order valence-corrected chi connectivity index (χ3v) is 13.8. The summed E-state index contributed by atoms with van der Waals surface area (Å²) in [7, 11) is 5.72. The maximum absolute atomic E-state index is 14.2. The van der Waals surface area contributed by atoms with E-state index in [-0.39, 0.29) is 59.4 Å². The predicted molar refractivity (Wildman–Crippen MR) is 210 cm³/mol. The standard InChI is InChI=1S/C40H44N4O13S2/c1-19-37-22(44-12-13-54-39(53-3)38(44)57-37)15-28(55-19)56-24-17-40(51,25(18-45)42-43-26(46)10-14-58-59-27-9-4-5-11-41-27)16-21-30(24)36(50)32-31(34(21)48)33(47)20-7-6-8-23(52-2)29(20)35(32)49/h4-9,11,18-19,22,24-25,28,37-39,42,48,50-51H,10,12-17H2,1-3H3,(H,43,46)/t19-,22-,24-,25?,28-,37+,38+,39-,40-/m0/s1. The highest BCUT2D eigenvalue weighted by molar-refractivity contribution is 8.76. The van der Waals surface area contributed by atoms with Crippen molar-refractivity contribution < 1.29 is 62.9 Å². The first-order valence-corrected chi connectivity index (χ1v) is 21.5. The topological polar surface area (TPSA) is 225 Å². The number of carbonyl (C=O) groups is 4. The van der Waals surface area contributed by atoms with Crippen molar-refractivity contribution in [3.63, 3.8) is 0 Å². The van der Waals surface area contributed by atoms with E-state index in [1.165, 1.54) is 54.0 Å². The van der Waals surface area contributed by atoms with Crippen LogP contribution in [0.2, 0.25) is 0 Å². The average Bonchev–Trinajstić information content (AvgIpc) is 3.62. The number of hydrogen-bond donors (Lipinski definition) is 5. The lowest BCUT2D eigenvalue weighted by atomic mass is 9.71. The summed E-state index contributed by atoms with van der Waals surface area (Å²) < 4.78 is 36.0. The molecular weight excluding hydrogens is 809 g/mol. The van der Waals surface area contributed by atoms with Crippen molar-refractivity contribution in [2.24, 2.45) is 0 Å². The first kappa shape index (κ1) is 41.6. The van der Waals surface area contributed by atoms with E-state index in [2.05, 4.69) is 20.7 Å². The van der Waals surface area contributed by atoms with Crippen LogP contribution in [-0.4, -0.2) is 131 Å². The molecule has 8 rings (SSSR count). The van der Waals surface area contributed by atoms with Crippen LogP contribution in [0.1, 0.15) is 75.3 Å². The number of methoxy groups -OCH3 is 2. The Bertz CT molecular complexity index is 2130. The molecule has 314 valence electrons. The van der Waals surface area contributed by atoms with Crippen molar-refractivity contribution in [2.45, 2.75) is 92.4 Å². The van der Waals surface area contributed by atoms with Crippen molar-refractivity contribution in [1.29, 1.82) is 0 Å². The molecule has 3 saturated heterocycles. The fourth-order valence-corrected chi connectivity index (χ4v) is 10.6. The van der Waals surface area contributed by atoms with Crippen molar-refractivity contribution in [1.82, 2.24) is 20.7 Å². The number of fused-ring (bicyclic) bond motifs is 6. The van der Waals surface area contributed by atoms with Crippen molar-refractivity contribution in [3.8, 4) is 17.2 Å². The van der Waals surface area contributed by atoms with E-state index >= 15 is 0 Å². The number of ether oxygens (including phenoxy) is 6. The molecule has 59 heavy (non-hydrogen) atoms. The summed E-state index contributed by atoms with van der Waals surface area (Å²) in [5.74, 6) is -2.73. The van der Waals surface area contributed by atoms with Crippen LogP contribution in [-0.2, 0) is 39.7 Å². The number of hydrazine groups is 1. The molecule has 3 aromatic rings. The Balaban J connectivity index is 1.10. The number of benzene rings is 2. The number of nitrogens with one attached hydrogen (secondary N) is 2. The highest BCUT2D eigenvalue weighted by Gasteiger charge is 2.55. The number of aromatic nitrogens is 1. The van der Waals surface area contributed by atoms with Crippen LogP contribution >= 0.6 is 21.6 Å². The van der Waals surface area contributed by atoms with Crippen LogP contribution in [0.3, 0.4) is 0 Å². The molecule has 2 aromatic carbocycles. The van der Waals surface area contributed by atoms with Crippen molar-refractivity contribution >= 4 is 45.3 Å². The lowest BCUT2D eigenvalue weighted by Gasteiger charge is -2.45. The number of pyridine rings is 1. The number of carbonyl (C=O) groups excluding carboxylic acids is 4. The van der Waals surface area contributed by atoms with Gasteiger partial charge in [0.1, 0.15) is 40.7 Å². The molecule has 1 amide bonds. The fourth-order valence-electron chi connectivity index (χ4n) is 8.74. The van der Waals surface area contributed by atoms with E-state index in [1.807, 2.05) is 19.1 Å². The molecule has 4 heterocycles. The zero-order valence-corrected chi connectivity index (χ0v) is 34.0. The fraction of sp³-hybridized carbons (Fsp3) is 0.475. The second-order valence-corrected chi connectivity index (χ2v) is 17.3. The van der Waals surface area contributed by atoms with Crippen molar-refractivity contribution in [3.05, 3.63) is 76.0 Å². The van der Waals surface area contributed by atoms with Gasteiger partial charge in [-0.1, -0.05) is 29.0 Å². The molecule has 0 bridgehead atoms. The van der Waals surface area contributed by atoms with Gasteiger partial charge in [-0.25, -0.2) is 10.4 Å². The molecule has 0 saturated carbocycles. The number of aliphatic hydroxyl groups is 1. The van der Waals surface area contributed by atoms with Crippen LogP contribution in [0, 0.1) is 0 Å².